The Balaban J connectivity index is 1.83. The predicted molar refractivity (Wildman–Crippen MR) is 74.8 cm³/mol. The molecule has 0 unspecified atom stereocenters. The average molecular weight is 294 g/mol. The molecule has 2 N–H and O–H groups in total. The minimum Gasteiger partial charge on any atom is -0.508 e. The van der Waals surface area contributed by atoms with E-state index in [1.165, 1.54) is 25.0 Å². The van der Waals surface area contributed by atoms with Crippen LogP contribution in [0.5, 0.6) is 5.75 Å². The molecule has 0 aliphatic heterocycles. The second-order valence-electron chi connectivity index (χ2n) is 4.93. The van der Waals surface area contributed by atoms with Crippen molar-refractivity contribution in [3.05, 3.63) is 41.1 Å². The lowest BCUT2D eigenvalue weighted by Crippen LogP contribution is -2.02. The number of halogens is 2. The van der Waals surface area contributed by atoms with E-state index in [0.29, 0.717) is 22.7 Å². The van der Waals surface area contributed by atoms with Gasteiger partial charge in [-0.2, -0.15) is 0 Å². The van der Waals surface area contributed by atoms with Crippen molar-refractivity contribution in [2.75, 3.05) is 5.32 Å². The molecule has 1 aliphatic rings. The highest BCUT2D eigenvalue weighted by atomic mass is 35.5. The van der Waals surface area contributed by atoms with Crippen molar-refractivity contribution in [2.45, 2.75) is 19.3 Å². The lowest BCUT2D eigenvalue weighted by atomic mass is 10.2. The third-order valence-electron chi connectivity index (χ3n) is 3.12. The van der Waals surface area contributed by atoms with Crippen molar-refractivity contribution in [3.8, 4) is 5.75 Å². The predicted octanol–water partition coefficient (Wildman–Crippen LogP) is 3.67. The van der Waals surface area contributed by atoms with E-state index in [9.17, 15) is 9.50 Å². The van der Waals surface area contributed by atoms with E-state index >= 15 is 0 Å². The topological polar surface area (TPSA) is 58.0 Å². The maximum absolute atomic E-state index is 13.7. The van der Waals surface area contributed by atoms with Crippen LogP contribution < -0.4 is 5.32 Å². The van der Waals surface area contributed by atoms with E-state index in [4.69, 9.17) is 11.6 Å². The van der Waals surface area contributed by atoms with Gasteiger partial charge in [0.25, 0.3) is 0 Å². The highest BCUT2D eigenvalue weighted by molar-refractivity contribution is 6.29. The van der Waals surface area contributed by atoms with Crippen LogP contribution in [0.1, 0.15) is 18.7 Å². The summed E-state index contributed by atoms with van der Waals surface area (Å²) in [5.74, 6) is 1.09. The molecule has 1 fully saturated rings. The van der Waals surface area contributed by atoms with Crippen LogP contribution in [0.25, 0.3) is 0 Å². The molecule has 4 nitrogen and oxygen atoms in total. The second kappa shape index (κ2) is 5.25. The number of rotatable bonds is 4. The summed E-state index contributed by atoms with van der Waals surface area (Å²) in [7, 11) is 0. The normalized spacial score (nSPS) is 14.3. The monoisotopic (exact) mass is 293 g/mol. The number of aromatic nitrogens is 2. The zero-order valence-corrected chi connectivity index (χ0v) is 11.4. The molecule has 6 heteroatoms. The fourth-order valence-corrected chi connectivity index (χ4v) is 2.14. The van der Waals surface area contributed by atoms with Gasteiger partial charge in [-0.15, -0.1) is 0 Å². The quantitative estimate of drug-likeness (QED) is 0.667. The number of nitrogens with one attached hydrogen (secondary N) is 1. The zero-order chi connectivity index (χ0) is 14.1. The lowest BCUT2D eigenvalue weighted by Gasteiger charge is -2.09. The largest absolute Gasteiger partial charge is 0.508 e. The van der Waals surface area contributed by atoms with Crippen LogP contribution in [0.3, 0.4) is 0 Å². The summed E-state index contributed by atoms with van der Waals surface area (Å²) in [6.45, 7) is 0. The molecule has 20 heavy (non-hydrogen) atoms. The van der Waals surface area contributed by atoms with Gasteiger partial charge in [0.1, 0.15) is 28.4 Å². The summed E-state index contributed by atoms with van der Waals surface area (Å²) in [5.41, 5.74) is 0.231. The van der Waals surface area contributed by atoms with Gasteiger partial charge in [-0.25, -0.2) is 14.4 Å². The van der Waals surface area contributed by atoms with E-state index in [-0.39, 0.29) is 11.4 Å². The van der Waals surface area contributed by atoms with Crippen molar-refractivity contribution in [3.63, 3.8) is 0 Å². The zero-order valence-electron chi connectivity index (χ0n) is 10.6. The Kier molecular flexibility index (Phi) is 3.44. The summed E-state index contributed by atoms with van der Waals surface area (Å²) in [4.78, 5) is 8.51. The van der Waals surface area contributed by atoms with E-state index < -0.39 is 5.82 Å². The molecule has 1 saturated carbocycles. The Bertz CT molecular complexity index is 646. The molecule has 0 radical (unpaired) electrons. The minimum absolute atomic E-state index is 0.122. The van der Waals surface area contributed by atoms with Crippen molar-refractivity contribution >= 4 is 23.1 Å². The van der Waals surface area contributed by atoms with Gasteiger partial charge in [-0.05, 0) is 30.9 Å². The first-order valence-electron chi connectivity index (χ1n) is 6.39. The SMILES string of the molecule is Oc1ccc(Nc2cc(Cl)nc(CC3CC3)n2)c(F)c1. The van der Waals surface area contributed by atoms with Gasteiger partial charge >= 0.3 is 0 Å². The molecule has 104 valence electrons. The molecular weight excluding hydrogens is 281 g/mol. The van der Waals surface area contributed by atoms with E-state index in [2.05, 4.69) is 15.3 Å². The smallest absolute Gasteiger partial charge is 0.150 e. The number of phenols is 1. The minimum atomic E-state index is -0.552. The maximum Gasteiger partial charge on any atom is 0.150 e. The molecule has 0 amide bonds. The standard InChI is InChI=1S/C14H13ClFN3O/c15-12-7-14(19-13(18-12)5-8-1-2-8)17-11-4-3-9(20)6-10(11)16/h3-4,6-8,20H,1-2,5H2,(H,17,18,19). The Morgan fingerprint density at radius 3 is 2.80 bits per heavy atom. The summed E-state index contributed by atoms with van der Waals surface area (Å²) in [6, 6.07) is 5.43. The molecule has 3 rings (SSSR count). The number of hydrogen-bond acceptors (Lipinski definition) is 4. The molecule has 1 aliphatic carbocycles. The van der Waals surface area contributed by atoms with Gasteiger partial charge in [0.15, 0.2) is 0 Å². The van der Waals surface area contributed by atoms with Crippen LogP contribution >= 0.6 is 11.6 Å². The van der Waals surface area contributed by atoms with Crippen LogP contribution in [-0.4, -0.2) is 15.1 Å². The van der Waals surface area contributed by atoms with Crippen molar-refractivity contribution in [1.82, 2.24) is 9.97 Å². The first kappa shape index (κ1) is 13.1. The molecular formula is C14H13ClFN3O. The van der Waals surface area contributed by atoms with Crippen LogP contribution in [0.4, 0.5) is 15.9 Å². The first-order valence-corrected chi connectivity index (χ1v) is 6.77. The third kappa shape index (κ3) is 3.17. The van der Waals surface area contributed by atoms with Gasteiger partial charge in [-0.3, -0.25) is 0 Å². The fourth-order valence-electron chi connectivity index (χ4n) is 1.94. The van der Waals surface area contributed by atoms with Gasteiger partial charge in [0.2, 0.25) is 0 Å². The fraction of sp³-hybridized carbons (Fsp3) is 0.286. The van der Waals surface area contributed by atoms with Gasteiger partial charge < -0.3 is 10.4 Å². The van der Waals surface area contributed by atoms with Crippen molar-refractivity contribution in [2.24, 2.45) is 5.92 Å². The van der Waals surface area contributed by atoms with E-state index in [1.54, 1.807) is 6.07 Å². The lowest BCUT2D eigenvalue weighted by molar-refractivity contribution is 0.469. The first-order chi connectivity index (χ1) is 9.60. The van der Waals surface area contributed by atoms with Crippen molar-refractivity contribution in [1.29, 1.82) is 0 Å². The van der Waals surface area contributed by atoms with Crippen molar-refractivity contribution < 1.29 is 9.50 Å². The summed E-state index contributed by atoms with van der Waals surface area (Å²) < 4.78 is 13.7. The number of phenolic OH excluding ortho intramolecular Hbond substituents is 1. The van der Waals surface area contributed by atoms with Crippen LogP contribution in [0.2, 0.25) is 5.15 Å². The number of benzene rings is 1. The summed E-state index contributed by atoms with van der Waals surface area (Å²) in [5, 5.41) is 12.4. The number of aromatic hydroxyl groups is 1. The van der Waals surface area contributed by atoms with E-state index in [1.807, 2.05) is 0 Å². The Hall–Kier alpha value is -1.88. The highest BCUT2D eigenvalue weighted by Crippen LogP contribution is 2.32. The van der Waals surface area contributed by atoms with E-state index in [0.717, 1.165) is 12.5 Å². The third-order valence-corrected chi connectivity index (χ3v) is 3.32. The number of anilines is 2. The number of nitrogens with zero attached hydrogens (tertiary/aromatic N) is 2. The molecule has 1 aromatic heterocycles. The van der Waals surface area contributed by atoms with Crippen LogP contribution in [0, 0.1) is 11.7 Å². The second-order valence-corrected chi connectivity index (χ2v) is 5.32. The highest BCUT2D eigenvalue weighted by Gasteiger charge is 2.23. The molecule has 0 atom stereocenters. The molecule has 1 heterocycles. The average Bonchev–Trinajstić information content (AvgIpc) is 3.16. The summed E-state index contributed by atoms with van der Waals surface area (Å²) >= 11 is 5.96. The Labute approximate surface area is 120 Å². The molecule has 1 aromatic carbocycles. The molecule has 0 spiro atoms. The van der Waals surface area contributed by atoms with Crippen LogP contribution in [0.15, 0.2) is 24.3 Å². The van der Waals surface area contributed by atoms with Gasteiger partial charge in [-0.1, -0.05) is 11.6 Å². The Morgan fingerprint density at radius 1 is 1.30 bits per heavy atom. The van der Waals surface area contributed by atoms with Gasteiger partial charge in [0.05, 0.1) is 5.69 Å². The van der Waals surface area contributed by atoms with Crippen LogP contribution in [-0.2, 0) is 6.42 Å². The Morgan fingerprint density at radius 2 is 2.10 bits per heavy atom. The molecule has 0 bridgehead atoms. The molecule has 2 aromatic rings. The maximum atomic E-state index is 13.7. The molecule has 0 saturated heterocycles. The number of hydrogen-bond donors (Lipinski definition) is 2. The van der Waals surface area contributed by atoms with Gasteiger partial charge in [0, 0.05) is 18.6 Å². The summed E-state index contributed by atoms with van der Waals surface area (Å²) in [6.07, 6.45) is 3.20.